The van der Waals surface area contributed by atoms with Crippen molar-refractivity contribution in [3.8, 4) is 0 Å². The molecule has 17 heavy (non-hydrogen) atoms. The van der Waals surface area contributed by atoms with Crippen molar-refractivity contribution in [2.24, 2.45) is 0 Å². The van der Waals surface area contributed by atoms with Crippen molar-refractivity contribution in [3.63, 3.8) is 0 Å². The van der Waals surface area contributed by atoms with Gasteiger partial charge in [-0.1, -0.05) is 51.3 Å². The van der Waals surface area contributed by atoms with E-state index in [4.69, 9.17) is 0 Å². The van der Waals surface area contributed by atoms with Gasteiger partial charge in [0.1, 0.15) is 0 Å². The van der Waals surface area contributed by atoms with Crippen molar-refractivity contribution >= 4 is 0 Å². The molecule has 0 amide bonds. The van der Waals surface area contributed by atoms with Crippen LogP contribution in [0.25, 0.3) is 0 Å². The number of hydrogen-bond acceptors (Lipinski definition) is 1. The molecule has 1 atom stereocenters. The highest BCUT2D eigenvalue weighted by atomic mass is 14.9. The van der Waals surface area contributed by atoms with Crippen LogP contribution >= 0.6 is 0 Å². The Morgan fingerprint density at radius 3 is 2.24 bits per heavy atom. The van der Waals surface area contributed by atoms with Crippen molar-refractivity contribution in [1.29, 1.82) is 0 Å². The number of nitrogens with one attached hydrogen (secondary N) is 1. The zero-order valence-electron chi connectivity index (χ0n) is 11.8. The predicted molar refractivity (Wildman–Crippen MR) is 76.5 cm³/mol. The molecule has 0 spiro atoms. The monoisotopic (exact) mass is 233 g/mol. The summed E-state index contributed by atoms with van der Waals surface area (Å²) >= 11 is 0. The summed E-state index contributed by atoms with van der Waals surface area (Å²) in [5, 5.41) is 3.64. The van der Waals surface area contributed by atoms with Crippen LogP contribution in [0.4, 0.5) is 0 Å². The summed E-state index contributed by atoms with van der Waals surface area (Å²) in [4.78, 5) is 0. The summed E-state index contributed by atoms with van der Waals surface area (Å²) < 4.78 is 0. The Morgan fingerprint density at radius 2 is 1.71 bits per heavy atom. The molecular formula is C16H27N. The largest absolute Gasteiger partial charge is 0.310 e. The summed E-state index contributed by atoms with van der Waals surface area (Å²) in [6.45, 7) is 9.96. The van der Waals surface area contributed by atoms with Crippen molar-refractivity contribution in [2.45, 2.75) is 59.4 Å². The molecule has 0 radical (unpaired) electrons. The summed E-state index contributed by atoms with van der Waals surface area (Å²) in [5.74, 6) is 0. The van der Waals surface area contributed by atoms with E-state index in [2.05, 4.69) is 51.2 Å². The third-order valence-electron chi connectivity index (χ3n) is 3.44. The number of aryl methyl sites for hydroxylation is 2. The molecule has 1 heteroatoms. The van der Waals surface area contributed by atoms with E-state index < -0.39 is 0 Å². The van der Waals surface area contributed by atoms with E-state index >= 15 is 0 Å². The minimum absolute atomic E-state index is 0.535. The van der Waals surface area contributed by atoms with Crippen molar-refractivity contribution in [1.82, 2.24) is 5.32 Å². The maximum absolute atomic E-state index is 3.64. The van der Waals surface area contributed by atoms with Crippen LogP contribution in [0.15, 0.2) is 18.2 Å². The zero-order valence-corrected chi connectivity index (χ0v) is 11.8. The average molecular weight is 233 g/mol. The van der Waals surface area contributed by atoms with Gasteiger partial charge in [-0.05, 0) is 43.5 Å². The lowest BCUT2D eigenvalue weighted by atomic mass is 9.92. The van der Waals surface area contributed by atoms with Gasteiger partial charge >= 0.3 is 0 Å². The van der Waals surface area contributed by atoms with E-state index in [0.717, 1.165) is 6.54 Å². The number of benzene rings is 1. The summed E-state index contributed by atoms with van der Waals surface area (Å²) in [6.07, 6.45) is 5.22. The maximum Gasteiger partial charge on any atom is 0.0325 e. The second-order valence-electron chi connectivity index (χ2n) is 4.91. The highest BCUT2D eigenvalue weighted by molar-refractivity contribution is 5.36. The molecule has 1 N–H and O–H groups in total. The average Bonchev–Trinajstić information content (AvgIpc) is 2.29. The molecule has 0 saturated heterocycles. The van der Waals surface area contributed by atoms with E-state index in [0.29, 0.717) is 6.04 Å². The fourth-order valence-corrected chi connectivity index (χ4v) is 2.57. The van der Waals surface area contributed by atoms with Gasteiger partial charge in [0.05, 0.1) is 0 Å². The molecule has 1 nitrogen and oxygen atoms in total. The van der Waals surface area contributed by atoms with Crippen LogP contribution in [0.5, 0.6) is 0 Å². The zero-order chi connectivity index (χ0) is 12.7. The Morgan fingerprint density at radius 1 is 1.06 bits per heavy atom. The molecule has 1 unspecified atom stereocenters. The van der Waals surface area contributed by atoms with E-state index in [1.54, 1.807) is 0 Å². The second-order valence-corrected chi connectivity index (χ2v) is 4.91. The van der Waals surface area contributed by atoms with Gasteiger partial charge in [-0.15, -0.1) is 0 Å². The van der Waals surface area contributed by atoms with Crippen molar-refractivity contribution in [2.75, 3.05) is 6.54 Å². The highest BCUT2D eigenvalue weighted by Gasteiger charge is 2.14. The lowest BCUT2D eigenvalue weighted by Crippen LogP contribution is -2.22. The maximum atomic E-state index is 3.64. The van der Waals surface area contributed by atoms with E-state index in [1.807, 2.05) is 0 Å². The Balaban J connectivity index is 2.81. The summed E-state index contributed by atoms with van der Waals surface area (Å²) in [7, 11) is 0. The normalized spacial score (nSPS) is 12.7. The Labute approximate surface area is 107 Å². The number of rotatable bonds is 7. The molecular weight excluding hydrogens is 206 g/mol. The van der Waals surface area contributed by atoms with E-state index in [9.17, 15) is 0 Å². The smallest absolute Gasteiger partial charge is 0.0325 e. The molecule has 1 aromatic carbocycles. The molecule has 0 aliphatic rings. The van der Waals surface area contributed by atoms with Crippen LogP contribution in [-0.2, 0) is 0 Å². The third kappa shape index (κ3) is 4.16. The SMILES string of the molecule is CCCCCC(NCC)c1c(C)cccc1C. The predicted octanol–water partition coefficient (Wildman–Crippen LogP) is 4.53. The number of hydrogen-bond donors (Lipinski definition) is 1. The first-order valence-electron chi connectivity index (χ1n) is 7.00. The topological polar surface area (TPSA) is 12.0 Å². The van der Waals surface area contributed by atoms with Gasteiger partial charge in [-0.3, -0.25) is 0 Å². The Hall–Kier alpha value is -0.820. The van der Waals surface area contributed by atoms with Gasteiger partial charge in [-0.2, -0.15) is 0 Å². The van der Waals surface area contributed by atoms with E-state index in [-0.39, 0.29) is 0 Å². The molecule has 0 saturated carbocycles. The lowest BCUT2D eigenvalue weighted by Gasteiger charge is -2.22. The van der Waals surface area contributed by atoms with Crippen LogP contribution in [-0.4, -0.2) is 6.54 Å². The molecule has 96 valence electrons. The Kier molecular flexibility index (Phi) is 6.28. The first-order valence-corrected chi connectivity index (χ1v) is 7.00. The minimum atomic E-state index is 0.535. The van der Waals surface area contributed by atoms with Gasteiger partial charge in [0, 0.05) is 6.04 Å². The summed E-state index contributed by atoms with van der Waals surface area (Å²) in [5.41, 5.74) is 4.37. The summed E-state index contributed by atoms with van der Waals surface area (Å²) in [6, 6.07) is 7.15. The lowest BCUT2D eigenvalue weighted by molar-refractivity contribution is 0.483. The third-order valence-corrected chi connectivity index (χ3v) is 3.44. The Bertz CT molecular complexity index is 310. The molecule has 0 fully saturated rings. The molecule has 0 bridgehead atoms. The molecule has 1 aromatic rings. The quantitative estimate of drug-likeness (QED) is 0.682. The van der Waals surface area contributed by atoms with Gasteiger partial charge in [-0.25, -0.2) is 0 Å². The number of unbranched alkanes of at least 4 members (excludes halogenated alkanes) is 2. The van der Waals surface area contributed by atoms with Gasteiger partial charge in [0.2, 0.25) is 0 Å². The first-order chi connectivity index (χ1) is 8.20. The van der Waals surface area contributed by atoms with Crippen molar-refractivity contribution < 1.29 is 0 Å². The molecule has 0 aliphatic carbocycles. The fraction of sp³-hybridized carbons (Fsp3) is 0.625. The minimum Gasteiger partial charge on any atom is -0.310 e. The van der Waals surface area contributed by atoms with Crippen LogP contribution in [0.1, 0.15) is 62.3 Å². The molecule has 0 heterocycles. The van der Waals surface area contributed by atoms with E-state index in [1.165, 1.54) is 42.4 Å². The van der Waals surface area contributed by atoms with Crippen LogP contribution in [0, 0.1) is 13.8 Å². The van der Waals surface area contributed by atoms with Crippen LogP contribution in [0.2, 0.25) is 0 Å². The second kappa shape index (κ2) is 7.50. The van der Waals surface area contributed by atoms with Gasteiger partial charge in [0.15, 0.2) is 0 Å². The van der Waals surface area contributed by atoms with Gasteiger partial charge in [0.25, 0.3) is 0 Å². The highest BCUT2D eigenvalue weighted by Crippen LogP contribution is 2.26. The van der Waals surface area contributed by atoms with Crippen LogP contribution in [0.3, 0.4) is 0 Å². The molecule has 0 aliphatic heterocycles. The molecule has 0 aromatic heterocycles. The van der Waals surface area contributed by atoms with Crippen molar-refractivity contribution in [3.05, 3.63) is 34.9 Å². The molecule has 1 rings (SSSR count). The standard InChI is InChI=1S/C16H27N/c1-5-7-8-12-15(17-6-2)16-13(3)10-9-11-14(16)4/h9-11,15,17H,5-8,12H2,1-4H3. The fourth-order valence-electron chi connectivity index (χ4n) is 2.57. The van der Waals surface area contributed by atoms with Gasteiger partial charge < -0.3 is 5.32 Å². The van der Waals surface area contributed by atoms with Crippen LogP contribution < -0.4 is 5.32 Å². The first kappa shape index (κ1) is 14.2.